The van der Waals surface area contributed by atoms with Crippen molar-refractivity contribution in [1.29, 1.82) is 0 Å². The van der Waals surface area contributed by atoms with E-state index in [2.05, 4.69) is 17.1 Å². The minimum Gasteiger partial charge on any atom is -0.368 e. The van der Waals surface area contributed by atoms with Crippen LogP contribution in [0.5, 0.6) is 0 Å². The van der Waals surface area contributed by atoms with Crippen LogP contribution in [0.15, 0.2) is 0 Å². The second-order valence-electron chi connectivity index (χ2n) is 4.83. The first-order chi connectivity index (χ1) is 6.53. The van der Waals surface area contributed by atoms with Crippen molar-refractivity contribution in [2.45, 2.75) is 43.8 Å². The lowest BCUT2D eigenvalue weighted by Gasteiger charge is -2.26. The van der Waals surface area contributed by atoms with E-state index in [0.29, 0.717) is 12.1 Å². The minimum absolute atomic E-state index is 0.194. The van der Waals surface area contributed by atoms with Gasteiger partial charge in [0.25, 0.3) is 0 Å². The highest BCUT2D eigenvalue weighted by Crippen LogP contribution is 2.30. The summed E-state index contributed by atoms with van der Waals surface area (Å²) < 4.78 is 0. The Labute approximate surface area is 84.8 Å². The Kier molecular flexibility index (Phi) is 2.27. The van der Waals surface area contributed by atoms with Crippen LogP contribution >= 0.6 is 0 Å². The number of nitrogens with one attached hydrogen (secondary N) is 1. The van der Waals surface area contributed by atoms with Crippen LogP contribution in [0.3, 0.4) is 0 Å². The molecule has 2 unspecified atom stereocenters. The van der Waals surface area contributed by atoms with Gasteiger partial charge < -0.3 is 10.6 Å². The number of amides is 1. The average molecular weight is 197 g/mol. The number of primary amides is 1. The number of carbonyl (C=O) groups is 1. The first kappa shape index (κ1) is 9.93. The van der Waals surface area contributed by atoms with Crippen LogP contribution < -0.4 is 11.1 Å². The molecule has 1 aliphatic carbocycles. The summed E-state index contributed by atoms with van der Waals surface area (Å²) in [4.78, 5) is 13.7. The van der Waals surface area contributed by atoms with Gasteiger partial charge in [-0.3, -0.25) is 10.1 Å². The van der Waals surface area contributed by atoms with Gasteiger partial charge in [0, 0.05) is 18.6 Å². The highest BCUT2D eigenvalue weighted by molar-refractivity contribution is 5.85. The highest BCUT2D eigenvalue weighted by Gasteiger charge is 2.47. The third-order valence-corrected chi connectivity index (χ3v) is 3.45. The summed E-state index contributed by atoms with van der Waals surface area (Å²) in [5, 5.41) is 3.41. The molecule has 2 rings (SSSR count). The minimum atomic E-state index is -0.463. The van der Waals surface area contributed by atoms with Gasteiger partial charge in [-0.15, -0.1) is 0 Å². The maximum absolute atomic E-state index is 11.5. The fourth-order valence-corrected chi connectivity index (χ4v) is 2.28. The zero-order valence-electron chi connectivity index (χ0n) is 8.92. The topological polar surface area (TPSA) is 58.4 Å². The molecule has 1 saturated heterocycles. The van der Waals surface area contributed by atoms with Crippen molar-refractivity contribution in [2.24, 2.45) is 5.73 Å². The molecule has 1 saturated carbocycles. The Morgan fingerprint density at radius 1 is 1.57 bits per heavy atom. The molecule has 2 atom stereocenters. The van der Waals surface area contributed by atoms with Crippen molar-refractivity contribution >= 4 is 5.91 Å². The molecule has 0 aromatic carbocycles. The Bertz CT molecular complexity index is 234. The third kappa shape index (κ3) is 1.64. The molecule has 2 fully saturated rings. The van der Waals surface area contributed by atoms with E-state index in [1.807, 2.05) is 7.05 Å². The van der Waals surface area contributed by atoms with Gasteiger partial charge in [0.2, 0.25) is 5.91 Å². The lowest BCUT2D eigenvalue weighted by molar-refractivity contribution is -0.124. The molecule has 3 N–H and O–H groups in total. The van der Waals surface area contributed by atoms with Gasteiger partial charge in [0.05, 0.1) is 0 Å². The molecule has 4 nitrogen and oxygen atoms in total. The normalized spacial score (nSPS) is 38.9. The van der Waals surface area contributed by atoms with Gasteiger partial charge >= 0.3 is 0 Å². The summed E-state index contributed by atoms with van der Waals surface area (Å²) in [6.45, 7) is 2.89. The molecule has 1 amide bonds. The number of hydrogen-bond donors (Lipinski definition) is 2. The number of carbonyl (C=O) groups excluding carboxylic acids is 1. The first-order valence-corrected chi connectivity index (χ1v) is 5.31. The van der Waals surface area contributed by atoms with E-state index in [4.69, 9.17) is 5.73 Å². The van der Waals surface area contributed by atoms with E-state index in [9.17, 15) is 4.79 Å². The molecule has 0 aromatic rings. The van der Waals surface area contributed by atoms with E-state index in [1.54, 1.807) is 0 Å². The summed E-state index contributed by atoms with van der Waals surface area (Å²) in [6.07, 6.45) is 3.22. The fraction of sp³-hybridized carbons (Fsp3) is 0.900. The number of likely N-dealkylation sites (tertiary alicyclic amines) is 1. The van der Waals surface area contributed by atoms with Crippen molar-refractivity contribution in [3.8, 4) is 0 Å². The largest absolute Gasteiger partial charge is 0.368 e. The number of nitrogens with two attached hydrogens (primary N) is 1. The van der Waals surface area contributed by atoms with Crippen molar-refractivity contribution < 1.29 is 4.79 Å². The molecule has 0 radical (unpaired) electrons. The van der Waals surface area contributed by atoms with Crippen molar-refractivity contribution in [3.05, 3.63) is 0 Å². The van der Waals surface area contributed by atoms with Crippen LogP contribution in [0, 0.1) is 0 Å². The molecule has 0 bridgehead atoms. The SMILES string of the molecule is CC1CC(NC2CC2)(C(N)=O)CN1C. The van der Waals surface area contributed by atoms with Gasteiger partial charge in [-0.1, -0.05) is 0 Å². The lowest BCUT2D eigenvalue weighted by Crippen LogP contribution is -2.57. The van der Waals surface area contributed by atoms with Crippen LogP contribution in [0.1, 0.15) is 26.2 Å². The summed E-state index contributed by atoms with van der Waals surface area (Å²) in [7, 11) is 2.05. The highest BCUT2D eigenvalue weighted by atomic mass is 16.1. The van der Waals surface area contributed by atoms with Gasteiger partial charge in [-0.05, 0) is 33.2 Å². The van der Waals surface area contributed by atoms with E-state index >= 15 is 0 Å². The Morgan fingerprint density at radius 2 is 2.21 bits per heavy atom. The maximum atomic E-state index is 11.5. The molecule has 14 heavy (non-hydrogen) atoms. The number of rotatable bonds is 3. The Morgan fingerprint density at radius 3 is 2.57 bits per heavy atom. The van der Waals surface area contributed by atoms with Crippen LogP contribution in [0.4, 0.5) is 0 Å². The van der Waals surface area contributed by atoms with E-state index in [1.165, 1.54) is 12.8 Å². The predicted molar refractivity (Wildman–Crippen MR) is 54.8 cm³/mol. The molecule has 2 aliphatic rings. The van der Waals surface area contributed by atoms with Gasteiger partial charge in [0.1, 0.15) is 5.54 Å². The third-order valence-electron chi connectivity index (χ3n) is 3.45. The monoisotopic (exact) mass is 197 g/mol. The second-order valence-corrected chi connectivity index (χ2v) is 4.83. The van der Waals surface area contributed by atoms with E-state index < -0.39 is 5.54 Å². The van der Waals surface area contributed by atoms with Crippen LogP contribution in [0.2, 0.25) is 0 Å². The lowest BCUT2D eigenvalue weighted by atomic mass is 9.95. The Hall–Kier alpha value is -0.610. The average Bonchev–Trinajstić information content (AvgIpc) is 2.82. The van der Waals surface area contributed by atoms with Crippen molar-refractivity contribution in [3.63, 3.8) is 0 Å². The molecule has 1 aliphatic heterocycles. The first-order valence-electron chi connectivity index (χ1n) is 5.31. The van der Waals surface area contributed by atoms with Crippen LogP contribution in [0.25, 0.3) is 0 Å². The quantitative estimate of drug-likeness (QED) is 0.652. The molecule has 1 heterocycles. The Balaban J connectivity index is 2.10. The number of nitrogens with zero attached hydrogens (tertiary/aromatic N) is 1. The second kappa shape index (κ2) is 3.21. The zero-order chi connectivity index (χ0) is 10.3. The van der Waals surface area contributed by atoms with Gasteiger partial charge in [-0.25, -0.2) is 0 Å². The summed E-state index contributed by atoms with van der Waals surface area (Å²) in [5.74, 6) is -0.194. The molecular formula is C10H19N3O. The fourth-order valence-electron chi connectivity index (χ4n) is 2.28. The molecular weight excluding hydrogens is 178 g/mol. The molecule has 4 heteroatoms. The summed E-state index contributed by atoms with van der Waals surface area (Å²) in [6, 6.07) is 0.968. The van der Waals surface area contributed by atoms with Crippen LogP contribution in [-0.2, 0) is 4.79 Å². The molecule has 80 valence electrons. The zero-order valence-corrected chi connectivity index (χ0v) is 8.92. The predicted octanol–water partition coefficient (Wildman–Crippen LogP) is -0.313. The summed E-state index contributed by atoms with van der Waals surface area (Å²) in [5.41, 5.74) is 5.04. The molecule has 0 aromatic heterocycles. The van der Waals surface area contributed by atoms with Gasteiger partial charge in [0.15, 0.2) is 0 Å². The van der Waals surface area contributed by atoms with Crippen LogP contribution in [-0.4, -0.2) is 42.0 Å². The van der Waals surface area contributed by atoms with Crippen molar-refractivity contribution in [1.82, 2.24) is 10.2 Å². The number of likely N-dealkylation sites (N-methyl/N-ethyl adjacent to an activating group) is 1. The number of hydrogen-bond acceptors (Lipinski definition) is 3. The molecule has 0 spiro atoms. The van der Waals surface area contributed by atoms with Gasteiger partial charge in [-0.2, -0.15) is 0 Å². The summed E-state index contributed by atoms with van der Waals surface area (Å²) >= 11 is 0. The van der Waals surface area contributed by atoms with E-state index in [0.717, 1.165) is 13.0 Å². The standard InChI is InChI=1S/C10H19N3O/c1-7-5-10(9(11)14,6-13(7)2)12-8-3-4-8/h7-8,12H,3-6H2,1-2H3,(H2,11,14). The smallest absolute Gasteiger partial charge is 0.239 e. The van der Waals surface area contributed by atoms with Crippen molar-refractivity contribution in [2.75, 3.05) is 13.6 Å². The maximum Gasteiger partial charge on any atom is 0.239 e. The van der Waals surface area contributed by atoms with E-state index in [-0.39, 0.29) is 5.91 Å².